The molecule has 1 aliphatic rings. The van der Waals surface area contributed by atoms with Gasteiger partial charge in [-0.15, -0.1) is 0 Å². The van der Waals surface area contributed by atoms with Gasteiger partial charge in [-0.25, -0.2) is 4.79 Å². The molecule has 0 atom stereocenters. The van der Waals surface area contributed by atoms with Gasteiger partial charge in [-0.3, -0.25) is 9.59 Å². The number of benzene rings is 2. The zero-order valence-electron chi connectivity index (χ0n) is 14.5. The highest BCUT2D eigenvalue weighted by molar-refractivity contribution is 6.06. The second kappa shape index (κ2) is 7.82. The highest BCUT2D eigenvalue weighted by Crippen LogP contribution is 2.23. The smallest absolute Gasteiger partial charge is 0.338 e. The maximum Gasteiger partial charge on any atom is 0.338 e. The van der Waals surface area contributed by atoms with E-state index in [0.29, 0.717) is 29.8 Å². The van der Waals surface area contributed by atoms with E-state index in [2.05, 4.69) is 5.32 Å². The van der Waals surface area contributed by atoms with Crippen molar-refractivity contribution in [2.24, 2.45) is 0 Å². The molecule has 1 aliphatic heterocycles. The van der Waals surface area contributed by atoms with E-state index in [4.69, 9.17) is 4.74 Å². The molecule has 0 radical (unpaired) electrons. The lowest BCUT2D eigenvalue weighted by atomic mass is 10.1. The fourth-order valence-corrected chi connectivity index (χ4v) is 2.88. The van der Waals surface area contributed by atoms with Gasteiger partial charge in [0.1, 0.15) is 0 Å². The number of ether oxygens (including phenoxy) is 1. The van der Waals surface area contributed by atoms with Crippen LogP contribution in [0.25, 0.3) is 0 Å². The average Bonchev–Trinajstić information content (AvgIpc) is 3.08. The Kier molecular flexibility index (Phi) is 5.31. The van der Waals surface area contributed by atoms with Crippen molar-refractivity contribution in [3.8, 4) is 0 Å². The Balaban J connectivity index is 1.75. The molecule has 3 rings (SSSR count). The van der Waals surface area contributed by atoms with E-state index < -0.39 is 5.97 Å². The highest BCUT2D eigenvalue weighted by atomic mass is 16.5. The van der Waals surface area contributed by atoms with Crippen molar-refractivity contribution < 1.29 is 19.1 Å². The molecular formula is C20H20N2O4. The van der Waals surface area contributed by atoms with Gasteiger partial charge in [-0.2, -0.15) is 0 Å². The molecule has 2 aromatic carbocycles. The first-order valence-corrected chi connectivity index (χ1v) is 8.57. The van der Waals surface area contributed by atoms with E-state index >= 15 is 0 Å². The van der Waals surface area contributed by atoms with E-state index in [1.54, 1.807) is 54.3 Å². The third-order valence-electron chi connectivity index (χ3n) is 4.13. The van der Waals surface area contributed by atoms with Crippen LogP contribution in [0.2, 0.25) is 0 Å². The number of amides is 2. The van der Waals surface area contributed by atoms with Gasteiger partial charge < -0.3 is 15.0 Å². The summed E-state index contributed by atoms with van der Waals surface area (Å²) in [5.41, 5.74) is 2.05. The first-order chi connectivity index (χ1) is 12.6. The Morgan fingerprint density at radius 1 is 1.12 bits per heavy atom. The van der Waals surface area contributed by atoms with Gasteiger partial charge in [0, 0.05) is 29.9 Å². The molecular weight excluding hydrogens is 332 g/mol. The van der Waals surface area contributed by atoms with Gasteiger partial charge in [0.2, 0.25) is 5.91 Å². The summed E-state index contributed by atoms with van der Waals surface area (Å²) in [6.07, 6.45) is 1.37. The third-order valence-corrected chi connectivity index (χ3v) is 4.13. The zero-order chi connectivity index (χ0) is 18.5. The van der Waals surface area contributed by atoms with Crippen LogP contribution in [0.5, 0.6) is 0 Å². The lowest BCUT2D eigenvalue weighted by molar-refractivity contribution is -0.117. The summed E-state index contributed by atoms with van der Waals surface area (Å²) in [5, 5.41) is 2.77. The summed E-state index contributed by atoms with van der Waals surface area (Å²) in [7, 11) is 0. The van der Waals surface area contributed by atoms with Gasteiger partial charge >= 0.3 is 5.97 Å². The van der Waals surface area contributed by atoms with Crippen molar-refractivity contribution in [3.05, 3.63) is 59.7 Å². The Bertz CT molecular complexity index is 847. The van der Waals surface area contributed by atoms with Crippen molar-refractivity contribution in [1.82, 2.24) is 0 Å². The largest absolute Gasteiger partial charge is 0.462 e. The van der Waals surface area contributed by atoms with E-state index in [9.17, 15) is 14.4 Å². The van der Waals surface area contributed by atoms with Crippen LogP contribution in [0.3, 0.4) is 0 Å². The molecule has 0 aromatic heterocycles. The van der Waals surface area contributed by atoms with Gasteiger partial charge in [-0.05, 0) is 49.7 Å². The minimum absolute atomic E-state index is 0.0738. The molecule has 1 heterocycles. The van der Waals surface area contributed by atoms with Crippen molar-refractivity contribution >= 4 is 29.2 Å². The van der Waals surface area contributed by atoms with Crippen LogP contribution >= 0.6 is 0 Å². The number of hydrogen-bond acceptors (Lipinski definition) is 4. The van der Waals surface area contributed by atoms with Crippen LogP contribution in [-0.4, -0.2) is 30.9 Å². The van der Waals surface area contributed by atoms with Crippen LogP contribution in [0.15, 0.2) is 48.5 Å². The quantitative estimate of drug-likeness (QED) is 0.838. The van der Waals surface area contributed by atoms with Crippen molar-refractivity contribution in [3.63, 3.8) is 0 Å². The van der Waals surface area contributed by atoms with Gasteiger partial charge in [0.05, 0.1) is 12.2 Å². The number of anilines is 2. The lowest BCUT2D eigenvalue weighted by Crippen LogP contribution is -2.24. The molecule has 0 saturated carbocycles. The van der Waals surface area contributed by atoms with E-state index in [1.807, 2.05) is 6.07 Å². The van der Waals surface area contributed by atoms with Gasteiger partial charge in [0.15, 0.2) is 0 Å². The molecule has 6 nitrogen and oxygen atoms in total. The van der Waals surface area contributed by atoms with Crippen LogP contribution in [0.1, 0.15) is 40.5 Å². The second-order valence-corrected chi connectivity index (χ2v) is 5.95. The fourth-order valence-electron chi connectivity index (χ4n) is 2.88. The minimum atomic E-state index is -0.432. The number of hydrogen-bond donors (Lipinski definition) is 1. The summed E-state index contributed by atoms with van der Waals surface area (Å²) in [6, 6.07) is 13.6. The minimum Gasteiger partial charge on any atom is -0.462 e. The molecule has 0 aliphatic carbocycles. The monoisotopic (exact) mass is 352 g/mol. The summed E-state index contributed by atoms with van der Waals surface area (Å²) >= 11 is 0. The Morgan fingerprint density at radius 2 is 1.88 bits per heavy atom. The summed E-state index contributed by atoms with van der Waals surface area (Å²) in [6.45, 7) is 2.70. The molecule has 134 valence electrons. The Morgan fingerprint density at radius 3 is 2.62 bits per heavy atom. The van der Waals surface area contributed by atoms with E-state index in [-0.39, 0.29) is 18.4 Å². The lowest BCUT2D eigenvalue weighted by Gasteiger charge is -2.16. The Labute approximate surface area is 151 Å². The normalized spacial score (nSPS) is 13.6. The molecule has 2 aromatic rings. The van der Waals surface area contributed by atoms with Crippen LogP contribution < -0.4 is 10.2 Å². The van der Waals surface area contributed by atoms with Gasteiger partial charge in [-0.1, -0.05) is 12.1 Å². The maximum absolute atomic E-state index is 12.5. The molecule has 0 spiro atoms. The standard InChI is InChI=1S/C20H20N2O4/c1-2-26-20(25)15-7-3-8-16(12-15)21-19(24)14-6-4-9-17(13-14)22-11-5-10-18(22)23/h3-4,6-9,12-13H,2,5,10-11H2,1H3,(H,21,24). The van der Waals surface area contributed by atoms with Crippen LogP contribution in [-0.2, 0) is 9.53 Å². The number of carbonyl (C=O) groups excluding carboxylic acids is 3. The highest BCUT2D eigenvalue weighted by Gasteiger charge is 2.22. The molecule has 0 unspecified atom stereocenters. The van der Waals surface area contributed by atoms with E-state index in [1.165, 1.54) is 0 Å². The average molecular weight is 352 g/mol. The van der Waals surface area contributed by atoms with Crippen molar-refractivity contribution in [2.45, 2.75) is 19.8 Å². The number of nitrogens with zero attached hydrogens (tertiary/aromatic N) is 1. The summed E-state index contributed by atoms with van der Waals surface area (Å²) in [5.74, 6) is -0.664. The van der Waals surface area contributed by atoms with E-state index in [0.717, 1.165) is 12.1 Å². The molecule has 1 N–H and O–H groups in total. The topological polar surface area (TPSA) is 75.7 Å². The fraction of sp³-hybridized carbons (Fsp3) is 0.250. The zero-order valence-corrected chi connectivity index (χ0v) is 14.5. The van der Waals surface area contributed by atoms with Crippen molar-refractivity contribution in [1.29, 1.82) is 0 Å². The third kappa shape index (κ3) is 3.91. The van der Waals surface area contributed by atoms with Gasteiger partial charge in [0.25, 0.3) is 5.91 Å². The molecule has 6 heteroatoms. The maximum atomic E-state index is 12.5. The van der Waals surface area contributed by atoms with Crippen LogP contribution in [0.4, 0.5) is 11.4 Å². The molecule has 2 amide bonds. The second-order valence-electron chi connectivity index (χ2n) is 5.95. The SMILES string of the molecule is CCOC(=O)c1cccc(NC(=O)c2cccc(N3CCCC3=O)c2)c1. The first-order valence-electron chi connectivity index (χ1n) is 8.57. The number of carbonyl (C=O) groups is 3. The van der Waals surface area contributed by atoms with Crippen molar-refractivity contribution in [2.75, 3.05) is 23.4 Å². The number of nitrogens with one attached hydrogen (secondary N) is 1. The summed E-state index contributed by atoms with van der Waals surface area (Å²) in [4.78, 5) is 37.9. The number of rotatable bonds is 5. The predicted octanol–water partition coefficient (Wildman–Crippen LogP) is 3.24. The first kappa shape index (κ1) is 17.7. The molecule has 26 heavy (non-hydrogen) atoms. The molecule has 1 saturated heterocycles. The molecule has 0 bridgehead atoms. The molecule has 1 fully saturated rings. The number of esters is 1. The summed E-state index contributed by atoms with van der Waals surface area (Å²) < 4.78 is 4.97. The Hall–Kier alpha value is -3.15. The van der Waals surface area contributed by atoms with Crippen LogP contribution in [0, 0.1) is 0 Å². The predicted molar refractivity (Wildman–Crippen MR) is 98.4 cm³/mol.